The predicted molar refractivity (Wildman–Crippen MR) is 172 cm³/mol. The molecule has 8 heterocycles. The number of benzene rings is 2. The zero-order chi connectivity index (χ0) is 33.5. The van der Waals surface area contributed by atoms with Crippen molar-refractivity contribution in [1.82, 2.24) is 25.0 Å². The van der Waals surface area contributed by atoms with Crippen LogP contribution in [-0.2, 0) is 19.3 Å². The van der Waals surface area contributed by atoms with E-state index in [1.54, 1.807) is 6.07 Å². The Morgan fingerprint density at radius 3 is 2.84 bits per heavy atom. The Morgan fingerprint density at radius 1 is 1.06 bits per heavy atom. The molecule has 5 atom stereocenters. The summed E-state index contributed by atoms with van der Waals surface area (Å²) in [5, 5.41) is 27.7. The number of halogens is 3. The number of anilines is 1. The lowest BCUT2D eigenvalue weighted by Gasteiger charge is -2.40. The van der Waals surface area contributed by atoms with Gasteiger partial charge in [0.15, 0.2) is 12.0 Å². The van der Waals surface area contributed by atoms with Gasteiger partial charge in [-0.15, -0.1) is 0 Å². The number of phenolic OH excluding ortho intramolecular Hbond substituents is 1. The number of nitrogens with zero attached hydrogens (tertiary/aromatic N) is 7. The first kappa shape index (κ1) is 30.7. The summed E-state index contributed by atoms with van der Waals surface area (Å²) in [5.41, 5.74) is -0.700. The summed E-state index contributed by atoms with van der Waals surface area (Å²) in [7, 11) is 0. The zero-order valence-corrected chi connectivity index (χ0v) is 26.8. The number of aromatic nitrogens is 4. The number of hydrogen-bond donors (Lipinski definition) is 2. The van der Waals surface area contributed by atoms with Crippen molar-refractivity contribution in [3.63, 3.8) is 0 Å². The molecular formula is C35H36F3N7O4. The van der Waals surface area contributed by atoms with E-state index in [1.807, 2.05) is 4.90 Å². The topological polar surface area (TPSA) is 133 Å². The molecular weight excluding hydrogens is 639 g/mol. The second kappa shape index (κ2) is 11.4. The van der Waals surface area contributed by atoms with Gasteiger partial charge in [0.2, 0.25) is 5.89 Å². The summed E-state index contributed by atoms with van der Waals surface area (Å²) in [6, 6.07) is 4.60. The van der Waals surface area contributed by atoms with Crippen molar-refractivity contribution in [2.75, 3.05) is 37.7 Å². The van der Waals surface area contributed by atoms with Gasteiger partial charge in [0, 0.05) is 45.1 Å². The van der Waals surface area contributed by atoms with Gasteiger partial charge in [0.05, 0.1) is 22.4 Å². The molecule has 3 saturated heterocycles. The second-order valence-corrected chi connectivity index (χ2v) is 14.3. The van der Waals surface area contributed by atoms with Gasteiger partial charge in [-0.05, 0) is 78.7 Å². The normalized spacial score (nSPS) is 29.4. The molecule has 0 radical (unpaired) electrons. The minimum Gasteiger partial charge on any atom is -0.508 e. The third-order valence-electron chi connectivity index (χ3n) is 11.0. The maximum absolute atomic E-state index is 17.1. The Kier molecular flexibility index (Phi) is 7.13. The van der Waals surface area contributed by atoms with Gasteiger partial charge in [-0.2, -0.15) is 15.0 Å². The van der Waals surface area contributed by atoms with Crippen LogP contribution in [0.2, 0.25) is 0 Å². The van der Waals surface area contributed by atoms with Gasteiger partial charge in [0.25, 0.3) is 0 Å². The molecule has 2 N–H and O–H groups in total. The third-order valence-corrected chi connectivity index (χ3v) is 11.0. The van der Waals surface area contributed by atoms with E-state index in [2.05, 4.69) is 25.0 Å². The summed E-state index contributed by atoms with van der Waals surface area (Å²) < 4.78 is 59.1. The van der Waals surface area contributed by atoms with Gasteiger partial charge >= 0.3 is 6.01 Å². The minimum atomic E-state index is -1.81. The monoisotopic (exact) mass is 675 g/mol. The standard InChI is InChI=1S/C35H36F3N7O4/c36-20-13-34(7-1-10-45(34)16-20)18-48-33-41-31-24-15-39-30(29(31)38)23-12-21(46)11-19-3-5-25(37)22(28(19)23)4-6-27-40-26(43-49-27)14-35(47)8-2-9-44(17-35)32(24)42-33/h3,5,11-12,15,20,29-30,46-47H,1-2,4,6-10,13-14,16-18H2. The quantitative estimate of drug-likeness (QED) is 0.316. The highest BCUT2D eigenvalue weighted by Gasteiger charge is 2.49. The first-order valence-corrected chi connectivity index (χ1v) is 17.0. The van der Waals surface area contributed by atoms with Crippen molar-refractivity contribution < 1.29 is 32.6 Å². The van der Waals surface area contributed by atoms with E-state index < -0.39 is 35.3 Å². The van der Waals surface area contributed by atoms with Gasteiger partial charge in [-0.25, -0.2) is 13.2 Å². The molecule has 0 spiro atoms. The van der Waals surface area contributed by atoms with E-state index in [0.29, 0.717) is 71.5 Å². The van der Waals surface area contributed by atoms with Crippen molar-refractivity contribution in [3.8, 4) is 11.8 Å². The molecule has 14 heteroatoms. The smallest absolute Gasteiger partial charge is 0.318 e. The largest absolute Gasteiger partial charge is 0.508 e. The summed E-state index contributed by atoms with van der Waals surface area (Å²) in [4.78, 5) is 22.6. The Balaban J connectivity index is 1.19. The molecule has 6 aliphatic rings. The van der Waals surface area contributed by atoms with Crippen molar-refractivity contribution in [2.45, 2.75) is 80.9 Å². The highest BCUT2D eigenvalue weighted by molar-refractivity contribution is 5.93. The van der Waals surface area contributed by atoms with Gasteiger partial charge < -0.3 is 24.4 Å². The van der Waals surface area contributed by atoms with Gasteiger partial charge in [-0.1, -0.05) is 11.2 Å². The molecule has 8 bridgehead atoms. The van der Waals surface area contributed by atoms with Crippen molar-refractivity contribution in [3.05, 3.63) is 64.2 Å². The molecule has 6 aliphatic heterocycles. The fourth-order valence-corrected chi connectivity index (χ4v) is 8.80. The molecule has 0 saturated carbocycles. The van der Waals surface area contributed by atoms with Crippen LogP contribution in [0.25, 0.3) is 10.8 Å². The highest BCUT2D eigenvalue weighted by atomic mass is 19.1. The Morgan fingerprint density at radius 2 is 1.94 bits per heavy atom. The number of aromatic hydroxyl groups is 1. The molecule has 49 heavy (non-hydrogen) atoms. The summed E-state index contributed by atoms with van der Waals surface area (Å²) in [5.74, 6) is 0.385. The van der Waals surface area contributed by atoms with E-state index in [-0.39, 0.29) is 55.8 Å². The minimum absolute atomic E-state index is 0.0451. The van der Waals surface area contributed by atoms with Crippen molar-refractivity contribution in [1.29, 1.82) is 0 Å². The lowest BCUT2D eigenvalue weighted by atomic mass is 9.87. The van der Waals surface area contributed by atoms with Crippen LogP contribution in [0.1, 0.15) is 78.4 Å². The molecule has 5 unspecified atom stereocenters. The number of rotatable bonds is 3. The number of fused-ring (bicyclic) bond motifs is 2. The van der Waals surface area contributed by atoms with Crippen LogP contribution >= 0.6 is 0 Å². The second-order valence-electron chi connectivity index (χ2n) is 14.3. The van der Waals surface area contributed by atoms with E-state index in [9.17, 15) is 14.6 Å². The number of aryl methyl sites for hydroxylation is 2. The fourth-order valence-electron chi connectivity index (χ4n) is 8.80. The van der Waals surface area contributed by atoms with E-state index >= 15 is 8.78 Å². The average Bonchev–Trinajstić information content (AvgIpc) is 3.76. The van der Waals surface area contributed by atoms with E-state index in [0.717, 1.165) is 19.4 Å². The Labute approximate surface area is 279 Å². The average molecular weight is 676 g/mol. The molecule has 2 aromatic carbocycles. The Hall–Kier alpha value is -4.30. The van der Waals surface area contributed by atoms with Crippen LogP contribution in [0, 0.1) is 5.82 Å². The first-order valence-electron chi connectivity index (χ1n) is 17.0. The molecule has 4 aromatic rings. The van der Waals surface area contributed by atoms with E-state index in [4.69, 9.17) is 14.2 Å². The lowest BCUT2D eigenvalue weighted by molar-refractivity contribution is 0.0237. The molecule has 10 rings (SSSR count). The lowest BCUT2D eigenvalue weighted by Crippen LogP contribution is -2.50. The molecule has 3 fully saturated rings. The van der Waals surface area contributed by atoms with E-state index in [1.165, 1.54) is 24.4 Å². The van der Waals surface area contributed by atoms with Crippen molar-refractivity contribution in [2.24, 2.45) is 4.99 Å². The number of piperidine rings is 1. The zero-order valence-electron chi connectivity index (χ0n) is 26.8. The maximum Gasteiger partial charge on any atom is 0.318 e. The van der Waals surface area contributed by atoms with Gasteiger partial charge in [0.1, 0.15) is 36.2 Å². The fraction of sp³-hybridized carbons (Fsp3) is 0.514. The van der Waals surface area contributed by atoms with Gasteiger partial charge in [-0.3, -0.25) is 9.89 Å². The highest BCUT2D eigenvalue weighted by Crippen LogP contribution is 2.47. The van der Waals surface area contributed by atoms with Crippen LogP contribution < -0.4 is 9.64 Å². The van der Waals surface area contributed by atoms with Crippen molar-refractivity contribution >= 4 is 22.8 Å². The van der Waals surface area contributed by atoms with Crippen LogP contribution in [0.5, 0.6) is 11.8 Å². The number of phenols is 1. The summed E-state index contributed by atoms with van der Waals surface area (Å²) in [6.07, 6.45) is 2.41. The maximum atomic E-state index is 17.1. The number of alkyl halides is 2. The third kappa shape index (κ3) is 5.22. The SMILES string of the molecule is Oc1cc2c3c(c(F)ccc3c1)CCc1nc(no1)CC1(O)CCCN(C1)c1nc(OCC34CCCN3CC(F)C4)nc3c1C=NC2C3F. The molecule has 0 aliphatic carbocycles. The van der Waals surface area contributed by atoms with Crippen LogP contribution in [-0.4, -0.2) is 91.5 Å². The number of ether oxygens (including phenoxy) is 1. The van der Waals surface area contributed by atoms with Crippen LogP contribution in [0.3, 0.4) is 0 Å². The number of hydrogen-bond acceptors (Lipinski definition) is 11. The molecule has 0 amide bonds. The predicted octanol–water partition coefficient (Wildman–Crippen LogP) is 4.67. The molecule has 2 aromatic heterocycles. The molecule has 11 nitrogen and oxygen atoms in total. The Bertz CT molecular complexity index is 1990. The number of aliphatic hydroxyl groups is 1. The number of aliphatic imine (C=N–C) groups is 1. The van der Waals surface area contributed by atoms with Crippen LogP contribution in [0.4, 0.5) is 19.0 Å². The molecule has 256 valence electrons. The summed E-state index contributed by atoms with van der Waals surface area (Å²) >= 11 is 0. The summed E-state index contributed by atoms with van der Waals surface area (Å²) in [6.45, 7) is 1.99. The van der Waals surface area contributed by atoms with Crippen LogP contribution in [0.15, 0.2) is 33.8 Å². The first-order chi connectivity index (χ1) is 23.7.